The number of hydrogen-bond donors (Lipinski definition) is 1. The van der Waals surface area contributed by atoms with Crippen LogP contribution in [-0.2, 0) is 9.53 Å². The number of nitrogens with two attached hydrogens (primary N) is 1. The molecule has 26 heavy (non-hydrogen) atoms. The molecule has 6 nitrogen and oxygen atoms in total. The third-order valence-corrected chi connectivity index (χ3v) is 4.43. The van der Waals surface area contributed by atoms with Crippen LogP contribution < -0.4 is 19.9 Å². The van der Waals surface area contributed by atoms with E-state index in [-0.39, 0.29) is 11.8 Å². The van der Waals surface area contributed by atoms with Gasteiger partial charge in [-0.1, -0.05) is 13.8 Å². The van der Waals surface area contributed by atoms with Gasteiger partial charge in [0.05, 0.1) is 26.9 Å². The predicted octanol–water partition coefficient (Wildman–Crippen LogP) is 3.51. The van der Waals surface area contributed by atoms with Gasteiger partial charge in [-0.2, -0.15) is 0 Å². The molecule has 0 aliphatic heterocycles. The Morgan fingerprint density at radius 1 is 1.04 bits per heavy atom. The van der Waals surface area contributed by atoms with E-state index in [0.717, 1.165) is 17.1 Å². The molecule has 0 saturated carbocycles. The van der Waals surface area contributed by atoms with Crippen molar-refractivity contribution in [1.29, 1.82) is 0 Å². The molecule has 1 aromatic carbocycles. The molecule has 0 radical (unpaired) electrons. The Bertz CT molecular complexity index is 576. The van der Waals surface area contributed by atoms with Crippen LogP contribution in [-0.4, -0.2) is 38.9 Å². The third kappa shape index (κ3) is 5.80. The largest absolute Gasteiger partial charge is 0.494 e. The molecule has 3 atom stereocenters. The normalized spacial score (nSPS) is 14.3. The minimum absolute atomic E-state index is 0.0897. The number of ether oxygens (including phenoxy) is 4. The van der Waals surface area contributed by atoms with Crippen LogP contribution in [0, 0.1) is 5.92 Å². The maximum absolute atomic E-state index is 11.6. The Kier molecular flexibility index (Phi) is 9.27. The van der Waals surface area contributed by atoms with E-state index in [9.17, 15) is 4.79 Å². The monoisotopic (exact) mass is 367 g/mol. The van der Waals surface area contributed by atoms with E-state index in [4.69, 9.17) is 24.7 Å². The minimum Gasteiger partial charge on any atom is -0.494 e. The Morgan fingerprint density at radius 2 is 1.65 bits per heavy atom. The summed E-state index contributed by atoms with van der Waals surface area (Å²) in [5.41, 5.74) is 6.93. The van der Waals surface area contributed by atoms with Crippen LogP contribution in [0.25, 0.3) is 0 Å². The smallest absolute Gasteiger partial charge is 0.322 e. The molecule has 1 aromatic rings. The van der Waals surface area contributed by atoms with Crippen molar-refractivity contribution in [3.05, 3.63) is 17.7 Å². The fourth-order valence-corrected chi connectivity index (χ4v) is 2.91. The minimum atomic E-state index is -0.644. The van der Waals surface area contributed by atoms with Gasteiger partial charge in [-0.15, -0.1) is 0 Å². The Labute approximate surface area is 156 Å². The van der Waals surface area contributed by atoms with Crippen molar-refractivity contribution >= 4 is 5.97 Å². The fourth-order valence-electron chi connectivity index (χ4n) is 2.91. The van der Waals surface area contributed by atoms with Crippen molar-refractivity contribution < 1.29 is 23.7 Å². The van der Waals surface area contributed by atoms with Crippen molar-refractivity contribution in [2.24, 2.45) is 11.7 Å². The molecule has 3 unspecified atom stereocenters. The summed E-state index contributed by atoms with van der Waals surface area (Å²) in [5, 5.41) is 0. The second-order valence-electron chi connectivity index (χ2n) is 6.27. The highest BCUT2D eigenvalue weighted by Gasteiger charge is 2.26. The van der Waals surface area contributed by atoms with Gasteiger partial charge in [0, 0.05) is 11.6 Å². The van der Waals surface area contributed by atoms with Gasteiger partial charge in [0.15, 0.2) is 11.5 Å². The first-order valence-electron chi connectivity index (χ1n) is 9.29. The lowest BCUT2D eigenvalue weighted by Gasteiger charge is -2.26. The molecule has 0 spiro atoms. The number of carbonyl (C=O) groups is 1. The molecule has 0 amide bonds. The lowest BCUT2D eigenvalue weighted by molar-refractivity contribution is -0.142. The molecule has 0 aromatic heterocycles. The standard InChI is InChI=1S/C20H33NO5/c1-7-24-15-11-16(19(26-9-3)18(12-15)25-8-2)14(5)13(4)10-17(21)20(22)23-6/h11-14,17H,7-10,21H2,1-6H3. The SMILES string of the molecule is CCOc1cc(OCC)c(OCC)c(C(C)C(C)CC(N)C(=O)OC)c1. The maximum Gasteiger partial charge on any atom is 0.322 e. The molecule has 0 bridgehead atoms. The first-order chi connectivity index (χ1) is 12.4. The number of esters is 1. The number of rotatable bonds is 11. The second-order valence-corrected chi connectivity index (χ2v) is 6.27. The molecule has 0 heterocycles. The molecule has 0 saturated heterocycles. The van der Waals surface area contributed by atoms with Gasteiger partial charge in [-0.25, -0.2) is 0 Å². The van der Waals surface area contributed by atoms with Gasteiger partial charge in [-0.3, -0.25) is 4.79 Å². The fraction of sp³-hybridized carbons (Fsp3) is 0.650. The van der Waals surface area contributed by atoms with E-state index in [0.29, 0.717) is 32.0 Å². The molecular formula is C20H33NO5. The predicted molar refractivity (Wildman–Crippen MR) is 102 cm³/mol. The highest BCUT2D eigenvalue weighted by molar-refractivity contribution is 5.75. The van der Waals surface area contributed by atoms with Gasteiger partial charge >= 0.3 is 5.97 Å². The van der Waals surface area contributed by atoms with E-state index in [1.807, 2.05) is 32.9 Å². The van der Waals surface area contributed by atoms with Gasteiger partial charge < -0.3 is 24.7 Å². The van der Waals surface area contributed by atoms with Crippen LogP contribution in [0.3, 0.4) is 0 Å². The summed E-state index contributed by atoms with van der Waals surface area (Å²) in [6, 6.07) is 3.20. The molecule has 0 aliphatic rings. The zero-order valence-electron chi connectivity index (χ0n) is 16.8. The number of hydrogen-bond acceptors (Lipinski definition) is 6. The van der Waals surface area contributed by atoms with Crippen molar-refractivity contribution in [2.45, 2.75) is 53.0 Å². The summed E-state index contributed by atoms with van der Waals surface area (Å²) in [6.45, 7) is 11.6. The van der Waals surface area contributed by atoms with E-state index in [1.165, 1.54) is 7.11 Å². The molecular weight excluding hydrogens is 334 g/mol. The van der Waals surface area contributed by atoms with Crippen molar-refractivity contribution in [1.82, 2.24) is 0 Å². The van der Waals surface area contributed by atoms with Crippen LogP contribution in [0.15, 0.2) is 12.1 Å². The quantitative estimate of drug-likeness (QED) is 0.603. The van der Waals surface area contributed by atoms with E-state index in [2.05, 4.69) is 13.8 Å². The van der Waals surface area contributed by atoms with Crippen LogP contribution in [0.2, 0.25) is 0 Å². The summed E-state index contributed by atoms with van der Waals surface area (Å²) in [7, 11) is 1.35. The van der Waals surface area contributed by atoms with Crippen LogP contribution >= 0.6 is 0 Å². The summed E-state index contributed by atoms with van der Waals surface area (Å²) < 4.78 is 22.1. The highest BCUT2D eigenvalue weighted by atomic mass is 16.5. The number of methoxy groups -OCH3 is 1. The van der Waals surface area contributed by atoms with Crippen LogP contribution in [0.4, 0.5) is 0 Å². The zero-order valence-corrected chi connectivity index (χ0v) is 16.8. The van der Waals surface area contributed by atoms with Gasteiger partial charge in [-0.05, 0) is 45.1 Å². The number of benzene rings is 1. The summed E-state index contributed by atoms with van der Waals surface area (Å²) in [6.07, 6.45) is 0.516. The first-order valence-corrected chi connectivity index (χ1v) is 9.29. The van der Waals surface area contributed by atoms with E-state index < -0.39 is 12.0 Å². The average molecular weight is 367 g/mol. The van der Waals surface area contributed by atoms with Crippen LogP contribution in [0.1, 0.15) is 52.5 Å². The molecule has 0 aliphatic carbocycles. The molecule has 2 N–H and O–H groups in total. The Morgan fingerprint density at radius 3 is 2.19 bits per heavy atom. The molecule has 1 rings (SSSR count). The van der Waals surface area contributed by atoms with Crippen molar-refractivity contribution in [3.8, 4) is 17.2 Å². The summed E-state index contributed by atoms with van der Waals surface area (Å²) >= 11 is 0. The zero-order chi connectivity index (χ0) is 19.7. The lowest BCUT2D eigenvalue weighted by Crippen LogP contribution is -2.34. The van der Waals surface area contributed by atoms with E-state index in [1.54, 1.807) is 0 Å². The first kappa shape index (κ1) is 22.1. The molecule has 148 valence electrons. The lowest BCUT2D eigenvalue weighted by atomic mass is 9.84. The molecule has 0 fully saturated rings. The highest BCUT2D eigenvalue weighted by Crippen LogP contribution is 2.42. The maximum atomic E-state index is 11.6. The summed E-state index contributed by atoms with van der Waals surface area (Å²) in [4.78, 5) is 11.6. The topological polar surface area (TPSA) is 80.0 Å². The summed E-state index contributed by atoms with van der Waals surface area (Å²) in [5.74, 6) is 1.97. The van der Waals surface area contributed by atoms with Gasteiger partial charge in [0.25, 0.3) is 0 Å². The van der Waals surface area contributed by atoms with Crippen molar-refractivity contribution in [3.63, 3.8) is 0 Å². The second kappa shape index (κ2) is 10.9. The molecule has 6 heteroatoms. The van der Waals surface area contributed by atoms with Crippen molar-refractivity contribution in [2.75, 3.05) is 26.9 Å². The Hall–Kier alpha value is -1.95. The average Bonchev–Trinajstić information content (AvgIpc) is 2.62. The third-order valence-electron chi connectivity index (χ3n) is 4.43. The van der Waals surface area contributed by atoms with Crippen LogP contribution in [0.5, 0.6) is 17.2 Å². The van der Waals surface area contributed by atoms with Gasteiger partial charge in [0.2, 0.25) is 0 Å². The van der Waals surface area contributed by atoms with E-state index >= 15 is 0 Å². The number of carbonyl (C=O) groups excluding carboxylic acids is 1. The Balaban J connectivity index is 3.21. The van der Waals surface area contributed by atoms with Gasteiger partial charge in [0.1, 0.15) is 11.8 Å².